The van der Waals surface area contributed by atoms with Crippen molar-refractivity contribution in [2.45, 2.75) is 57.5 Å². The molecule has 0 aliphatic carbocycles. The molecule has 3 saturated heterocycles. The van der Waals surface area contributed by atoms with Crippen LogP contribution >= 0.6 is 11.6 Å². The van der Waals surface area contributed by atoms with Gasteiger partial charge in [0.1, 0.15) is 16.8 Å². The van der Waals surface area contributed by atoms with Crippen molar-refractivity contribution < 1.29 is 36.2 Å². The lowest BCUT2D eigenvalue weighted by Gasteiger charge is -2.31. The molecule has 2 aromatic rings. The van der Waals surface area contributed by atoms with Crippen LogP contribution in [0.15, 0.2) is 17.7 Å². The van der Waals surface area contributed by atoms with Crippen molar-refractivity contribution in [3.63, 3.8) is 0 Å². The van der Waals surface area contributed by atoms with Crippen LogP contribution in [0.2, 0.25) is 5.15 Å². The van der Waals surface area contributed by atoms with E-state index in [1.54, 1.807) is 0 Å². The first kappa shape index (κ1) is 31.6. The molecule has 4 aliphatic heterocycles. The second kappa shape index (κ2) is 13.0. The van der Waals surface area contributed by atoms with E-state index in [1.165, 1.54) is 13.5 Å². The minimum atomic E-state index is -4.71. The number of alkyl halides is 3. The Hall–Kier alpha value is -2.81. The van der Waals surface area contributed by atoms with Gasteiger partial charge in [-0.15, -0.1) is 0 Å². The quantitative estimate of drug-likeness (QED) is 0.351. The van der Waals surface area contributed by atoms with Gasteiger partial charge in [0, 0.05) is 48.8 Å². The number of halogens is 6. The number of pyridine rings is 1. The van der Waals surface area contributed by atoms with E-state index in [0.29, 0.717) is 62.4 Å². The molecule has 43 heavy (non-hydrogen) atoms. The highest BCUT2D eigenvalue weighted by molar-refractivity contribution is 6.30. The Morgan fingerprint density at radius 1 is 1.16 bits per heavy atom. The fourth-order valence-corrected chi connectivity index (χ4v) is 6.42. The van der Waals surface area contributed by atoms with E-state index in [-0.39, 0.29) is 36.3 Å². The predicted molar refractivity (Wildman–Crippen MR) is 149 cm³/mol. The van der Waals surface area contributed by atoms with E-state index in [9.17, 15) is 22.0 Å². The maximum Gasteiger partial charge on any atom is 0.419 e. The Balaban J connectivity index is 0.000000279. The van der Waals surface area contributed by atoms with Crippen LogP contribution in [0.3, 0.4) is 0 Å². The Labute approximate surface area is 251 Å². The maximum absolute atomic E-state index is 13.7. The van der Waals surface area contributed by atoms with Crippen molar-refractivity contribution in [1.82, 2.24) is 19.9 Å². The van der Waals surface area contributed by atoms with E-state index in [2.05, 4.69) is 31.7 Å². The van der Waals surface area contributed by atoms with E-state index in [4.69, 9.17) is 31.5 Å². The molecule has 6 rings (SSSR count). The number of rotatable bonds is 3. The number of methoxy groups -OCH3 is 1. The van der Waals surface area contributed by atoms with Crippen molar-refractivity contribution in [3.8, 4) is 6.01 Å². The summed E-state index contributed by atoms with van der Waals surface area (Å²) in [5, 5.41) is -0.707. The van der Waals surface area contributed by atoms with Gasteiger partial charge in [-0.3, -0.25) is 4.90 Å². The fourth-order valence-electron chi connectivity index (χ4n) is 6.11. The topological polar surface area (TPSA) is 98.9 Å². The maximum atomic E-state index is 13.7. The van der Waals surface area contributed by atoms with Crippen molar-refractivity contribution in [2.24, 2.45) is 5.92 Å². The summed E-state index contributed by atoms with van der Waals surface area (Å²) < 4.78 is 82.1. The average molecular weight is 633 g/mol. The molecule has 236 valence electrons. The predicted octanol–water partition coefficient (Wildman–Crippen LogP) is 5.43. The number of nitrogen functional groups attached to an aromatic ring is 1. The minimum Gasteiger partial charge on any atom is -0.467 e. The smallest absolute Gasteiger partial charge is 0.419 e. The lowest BCUT2D eigenvalue weighted by Crippen LogP contribution is -2.32. The zero-order chi connectivity index (χ0) is 30.9. The number of hydrogen-bond acceptors (Lipinski definition) is 9. The first-order valence-corrected chi connectivity index (χ1v) is 14.5. The van der Waals surface area contributed by atoms with Gasteiger partial charge < -0.3 is 24.8 Å². The summed E-state index contributed by atoms with van der Waals surface area (Å²) in [6, 6.07) is 1.73. The normalized spacial score (nSPS) is 24.1. The van der Waals surface area contributed by atoms with E-state index in [0.717, 1.165) is 24.6 Å². The van der Waals surface area contributed by atoms with Gasteiger partial charge in [0.15, 0.2) is 0 Å². The van der Waals surface area contributed by atoms with E-state index < -0.39 is 29.1 Å². The number of nitrogens with zero attached hydrogens (tertiary/aromatic N) is 5. The van der Waals surface area contributed by atoms with Crippen LogP contribution in [-0.4, -0.2) is 72.4 Å². The van der Waals surface area contributed by atoms with Gasteiger partial charge in [-0.2, -0.15) is 31.9 Å². The largest absolute Gasteiger partial charge is 0.467 e. The van der Waals surface area contributed by atoms with Gasteiger partial charge in [-0.1, -0.05) is 18.5 Å². The van der Waals surface area contributed by atoms with Gasteiger partial charge in [0.05, 0.1) is 44.3 Å². The minimum absolute atomic E-state index is 0.0300. The molecule has 4 aliphatic rings. The SMILES string of the molecule is COc1nc2c(c(N3CCOCC(C)C3)n1)COC(c1cc(N)nc(Cl)c1C(F)(F)F)C2.FC(F)=C1CC2CCCN2C1. The first-order valence-electron chi connectivity index (χ1n) is 14.1. The highest BCUT2D eigenvalue weighted by Crippen LogP contribution is 2.43. The van der Waals surface area contributed by atoms with Crippen LogP contribution in [-0.2, 0) is 28.7 Å². The van der Waals surface area contributed by atoms with Crippen LogP contribution in [0.25, 0.3) is 0 Å². The number of hydrogen-bond donors (Lipinski definition) is 1. The summed E-state index contributed by atoms with van der Waals surface area (Å²) in [5.41, 5.74) is 6.11. The van der Waals surface area contributed by atoms with Gasteiger partial charge in [-0.05, 0) is 37.8 Å². The molecular formula is C28H34ClF5N6O3. The van der Waals surface area contributed by atoms with Crippen LogP contribution in [0.4, 0.5) is 33.6 Å². The van der Waals surface area contributed by atoms with Crippen molar-refractivity contribution >= 4 is 23.2 Å². The molecule has 0 amide bonds. The van der Waals surface area contributed by atoms with Gasteiger partial charge in [-0.25, -0.2) is 4.98 Å². The Bertz CT molecular complexity index is 1350. The number of ether oxygens (including phenoxy) is 3. The Kier molecular flexibility index (Phi) is 9.59. The molecule has 9 nitrogen and oxygen atoms in total. The zero-order valence-electron chi connectivity index (χ0n) is 23.9. The molecule has 2 aromatic heterocycles. The van der Waals surface area contributed by atoms with E-state index >= 15 is 0 Å². The third-order valence-electron chi connectivity index (χ3n) is 8.08. The first-order chi connectivity index (χ1) is 20.4. The number of fused-ring (bicyclic) bond motifs is 2. The average Bonchev–Trinajstić information content (AvgIpc) is 3.49. The highest BCUT2D eigenvalue weighted by atomic mass is 35.5. The molecule has 3 fully saturated rings. The molecule has 0 saturated carbocycles. The number of aromatic nitrogens is 3. The fraction of sp³-hybridized carbons (Fsp3) is 0.607. The van der Waals surface area contributed by atoms with Gasteiger partial charge in [0.2, 0.25) is 0 Å². The van der Waals surface area contributed by atoms with Crippen LogP contribution in [0, 0.1) is 5.92 Å². The van der Waals surface area contributed by atoms with Crippen LogP contribution in [0.1, 0.15) is 54.7 Å². The van der Waals surface area contributed by atoms with E-state index in [1.807, 2.05) is 0 Å². The third-order valence-corrected chi connectivity index (χ3v) is 8.35. The molecule has 0 radical (unpaired) electrons. The lowest BCUT2D eigenvalue weighted by molar-refractivity contribution is -0.140. The molecular weight excluding hydrogens is 599 g/mol. The second-order valence-corrected chi connectivity index (χ2v) is 11.6. The van der Waals surface area contributed by atoms with Crippen molar-refractivity contribution in [3.05, 3.63) is 45.3 Å². The highest BCUT2D eigenvalue weighted by Gasteiger charge is 2.41. The summed E-state index contributed by atoms with van der Waals surface area (Å²) in [4.78, 5) is 16.7. The standard InChI is InChI=1S/C20H23ClF3N5O3.C8H11F2N/c1-10-7-29(3-4-31-8-10)18-12-9-32-14(6-13(12)26-19(28-18)30-2)11-5-15(25)27-17(21)16(11)20(22,23)24;9-8(10)6-4-7-2-1-3-11(7)5-6/h5,10,14H,3-4,6-9H2,1-2H3,(H2,25,27);7H,1-5H2. The summed E-state index contributed by atoms with van der Waals surface area (Å²) in [6.07, 6.45) is -4.14. The molecule has 15 heteroatoms. The lowest BCUT2D eigenvalue weighted by atomic mass is 9.96. The summed E-state index contributed by atoms with van der Waals surface area (Å²) in [5.74, 6) is 0.806. The van der Waals surface area contributed by atoms with Gasteiger partial charge >= 0.3 is 12.2 Å². The Morgan fingerprint density at radius 3 is 2.65 bits per heavy atom. The Morgan fingerprint density at radius 2 is 1.95 bits per heavy atom. The second-order valence-electron chi connectivity index (χ2n) is 11.2. The molecule has 0 aromatic carbocycles. The van der Waals surface area contributed by atoms with Crippen molar-refractivity contribution in [2.75, 3.05) is 57.1 Å². The van der Waals surface area contributed by atoms with Crippen LogP contribution in [0.5, 0.6) is 6.01 Å². The molecule has 3 atom stereocenters. The van der Waals surface area contributed by atoms with Crippen molar-refractivity contribution in [1.29, 1.82) is 0 Å². The summed E-state index contributed by atoms with van der Waals surface area (Å²) in [6.45, 7) is 6.16. The molecule has 0 bridgehead atoms. The molecule has 0 spiro atoms. The number of nitrogens with two attached hydrogens (primary N) is 1. The third kappa shape index (κ3) is 7.13. The monoisotopic (exact) mass is 632 g/mol. The van der Waals surface area contributed by atoms with Crippen LogP contribution < -0.4 is 15.4 Å². The number of anilines is 2. The van der Waals surface area contributed by atoms with Gasteiger partial charge in [0.25, 0.3) is 6.08 Å². The summed E-state index contributed by atoms with van der Waals surface area (Å²) >= 11 is 5.81. The molecule has 2 N–H and O–H groups in total. The molecule has 3 unspecified atom stereocenters. The molecule has 6 heterocycles. The zero-order valence-corrected chi connectivity index (χ0v) is 24.6. The summed E-state index contributed by atoms with van der Waals surface area (Å²) in [7, 11) is 1.45.